The molecule has 12 heavy (non-hydrogen) atoms. The van der Waals surface area contributed by atoms with Crippen molar-refractivity contribution in [2.75, 3.05) is 14.1 Å². The van der Waals surface area contributed by atoms with Gasteiger partial charge in [-0.05, 0) is 12.5 Å². The summed E-state index contributed by atoms with van der Waals surface area (Å²) in [5.41, 5.74) is 1.27. The predicted molar refractivity (Wildman–Crippen MR) is 44.8 cm³/mol. The van der Waals surface area contributed by atoms with E-state index < -0.39 is 0 Å². The van der Waals surface area contributed by atoms with Gasteiger partial charge in [-0.2, -0.15) is 0 Å². The van der Waals surface area contributed by atoms with E-state index in [1.807, 2.05) is 6.92 Å². The highest BCUT2D eigenvalue weighted by Crippen LogP contribution is 2.02. The van der Waals surface area contributed by atoms with E-state index in [1.54, 1.807) is 20.3 Å². The zero-order valence-electron chi connectivity index (χ0n) is 7.40. The van der Waals surface area contributed by atoms with Crippen LogP contribution in [0.15, 0.2) is 12.5 Å². The monoisotopic (exact) mass is 165 g/mol. The molecule has 1 aromatic rings. The van der Waals surface area contributed by atoms with Crippen LogP contribution in [0.1, 0.15) is 16.1 Å². The van der Waals surface area contributed by atoms with Gasteiger partial charge in [-0.15, -0.1) is 0 Å². The minimum absolute atomic E-state index is 0.0881. The molecule has 0 aliphatic rings. The second-order valence-electron chi connectivity index (χ2n) is 2.75. The molecule has 0 saturated heterocycles. The molecule has 1 aromatic heterocycles. The topological polar surface area (TPSA) is 46.1 Å². The van der Waals surface area contributed by atoms with Crippen LogP contribution in [0.4, 0.5) is 0 Å². The average Bonchev–Trinajstić information content (AvgIpc) is 2.04. The summed E-state index contributed by atoms with van der Waals surface area (Å²) in [5.74, 6) is -0.0881. The van der Waals surface area contributed by atoms with Crippen LogP contribution in [0, 0.1) is 6.92 Å². The predicted octanol–water partition coefficient (Wildman–Crippen LogP) is 0.487. The number of amides is 1. The molecule has 1 heterocycles. The van der Waals surface area contributed by atoms with Crippen LogP contribution in [-0.4, -0.2) is 34.9 Å². The molecule has 0 radical (unpaired) electrons. The van der Waals surface area contributed by atoms with Crippen molar-refractivity contribution in [1.29, 1.82) is 0 Å². The Hall–Kier alpha value is -1.45. The number of carbonyl (C=O) groups is 1. The van der Waals surface area contributed by atoms with E-state index in [-0.39, 0.29) is 5.91 Å². The number of hydrogen-bond acceptors (Lipinski definition) is 3. The number of aromatic nitrogens is 2. The molecule has 0 bridgehead atoms. The Morgan fingerprint density at radius 3 is 2.67 bits per heavy atom. The maximum absolute atomic E-state index is 11.4. The number of aryl methyl sites for hydroxylation is 1. The van der Waals surface area contributed by atoms with Crippen molar-refractivity contribution in [1.82, 2.24) is 14.9 Å². The number of hydrogen-bond donors (Lipinski definition) is 0. The Kier molecular flexibility index (Phi) is 2.38. The molecule has 4 nitrogen and oxygen atoms in total. The van der Waals surface area contributed by atoms with E-state index in [2.05, 4.69) is 9.97 Å². The highest BCUT2D eigenvalue weighted by molar-refractivity contribution is 5.93. The fourth-order valence-electron chi connectivity index (χ4n) is 0.835. The van der Waals surface area contributed by atoms with Gasteiger partial charge in [0.2, 0.25) is 0 Å². The third-order valence-corrected chi connectivity index (χ3v) is 1.50. The molecule has 1 amide bonds. The summed E-state index contributed by atoms with van der Waals surface area (Å²) in [4.78, 5) is 20.6. The molecule has 0 fully saturated rings. The number of rotatable bonds is 1. The largest absolute Gasteiger partial charge is 0.343 e. The van der Waals surface area contributed by atoms with Crippen molar-refractivity contribution >= 4 is 5.91 Å². The fraction of sp³-hybridized carbons (Fsp3) is 0.375. The lowest BCUT2D eigenvalue weighted by atomic mass is 10.2. The first-order chi connectivity index (χ1) is 5.63. The lowest BCUT2D eigenvalue weighted by Gasteiger charge is -2.10. The van der Waals surface area contributed by atoms with Gasteiger partial charge in [0.25, 0.3) is 5.91 Å². The van der Waals surface area contributed by atoms with Gasteiger partial charge in [0.15, 0.2) is 0 Å². The molecule has 4 heteroatoms. The van der Waals surface area contributed by atoms with E-state index in [0.29, 0.717) is 5.69 Å². The fourth-order valence-corrected chi connectivity index (χ4v) is 0.835. The summed E-state index contributed by atoms with van der Waals surface area (Å²) in [6.45, 7) is 1.82. The van der Waals surface area contributed by atoms with Gasteiger partial charge in [0.05, 0.1) is 0 Å². The third kappa shape index (κ3) is 1.58. The molecule has 0 aliphatic heterocycles. The van der Waals surface area contributed by atoms with Crippen LogP contribution >= 0.6 is 0 Å². The van der Waals surface area contributed by atoms with Gasteiger partial charge >= 0.3 is 0 Å². The van der Waals surface area contributed by atoms with Crippen molar-refractivity contribution in [3.8, 4) is 0 Å². The van der Waals surface area contributed by atoms with Gasteiger partial charge in [-0.25, -0.2) is 9.97 Å². The lowest BCUT2D eigenvalue weighted by Crippen LogP contribution is -2.23. The molecular weight excluding hydrogens is 154 g/mol. The van der Waals surface area contributed by atoms with Crippen molar-refractivity contribution in [2.45, 2.75) is 6.92 Å². The van der Waals surface area contributed by atoms with E-state index in [9.17, 15) is 4.79 Å². The summed E-state index contributed by atoms with van der Waals surface area (Å²) in [6.07, 6.45) is 3.01. The minimum atomic E-state index is -0.0881. The summed E-state index contributed by atoms with van der Waals surface area (Å²) < 4.78 is 0. The summed E-state index contributed by atoms with van der Waals surface area (Å²) >= 11 is 0. The maximum atomic E-state index is 11.4. The molecular formula is C8H11N3O. The molecule has 0 saturated carbocycles. The zero-order valence-corrected chi connectivity index (χ0v) is 7.40. The summed E-state index contributed by atoms with van der Waals surface area (Å²) in [6, 6.07) is 0. The van der Waals surface area contributed by atoms with Crippen LogP contribution in [0.5, 0.6) is 0 Å². The quantitative estimate of drug-likeness (QED) is 0.608. The Morgan fingerprint density at radius 1 is 1.50 bits per heavy atom. The van der Waals surface area contributed by atoms with Crippen molar-refractivity contribution < 1.29 is 4.79 Å². The highest BCUT2D eigenvalue weighted by Gasteiger charge is 2.11. The van der Waals surface area contributed by atoms with Crippen molar-refractivity contribution in [2.24, 2.45) is 0 Å². The van der Waals surface area contributed by atoms with E-state index in [0.717, 1.165) is 5.56 Å². The van der Waals surface area contributed by atoms with Gasteiger partial charge in [-0.1, -0.05) is 0 Å². The first-order valence-corrected chi connectivity index (χ1v) is 3.61. The molecule has 0 atom stereocenters. The van der Waals surface area contributed by atoms with Crippen molar-refractivity contribution in [3.05, 3.63) is 23.8 Å². The van der Waals surface area contributed by atoms with Crippen LogP contribution in [0.2, 0.25) is 0 Å². The lowest BCUT2D eigenvalue weighted by molar-refractivity contribution is 0.0821. The molecule has 0 aliphatic carbocycles. The molecule has 64 valence electrons. The molecule has 1 rings (SSSR count). The van der Waals surface area contributed by atoms with Crippen molar-refractivity contribution in [3.63, 3.8) is 0 Å². The maximum Gasteiger partial charge on any atom is 0.272 e. The molecule has 0 spiro atoms. The highest BCUT2D eigenvalue weighted by atomic mass is 16.2. The summed E-state index contributed by atoms with van der Waals surface area (Å²) in [7, 11) is 3.40. The third-order valence-electron chi connectivity index (χ3n) is 1.50. The van der Waals surface area contributed by atoms with Crippen LogP contribution in [0.3, 0.4) is 0 Å². The second-order valence-corrected chi connectivity index (χ2v) is 2.75. The van der Waals surface area contributed by atoms with Gasteiger partial charge in [-0.3, -0.25) is 4.79 Å². The molecule has 0 aromatic carbocycles. The second kappa shape index (κ2) is 3.30. The zero-order chi connectivity index (χ0) is 9.14. The Morgan fingerprint density at radius 2 is 2.17 bits per heavy atom. The van der Waals surface area contributed by atoms with E-state index in [1.165, 1.54) is 11.2 Å². The minimum Gasteiger partial charge on any atom is -0.343 e. The Bertz CT molecular complexity index is 296. The number of carbonyl (C=O) groups excluding carboxylic acids is 1. The van der Waals surface area contributed by atoms with Gasteiger partial charge < -0.3 is 4.90 Å². The Balaban J connectivity index is 3.03. The molecule has 0 unspecified atom stereocenters. The summed E-state index contributed by atoms with van der Waals surface area (Å²) in [5, 5.41) is 0. The SMILES string of the molecule is Cc1cncnc1C(=O)N(C)C. The van der Waals surface area contributed by atoms with Crippen LogP contribution in [-0.2, 0) is 0 Å². The van der Waals surface area contributed by atoms with E-state index in [4.69, 9.17) is 0 Å². The van der Waals surface area contributed by atoms with Gasteiger partial charge in [0, 0.05) is 20.3 Å². The normalized spacial score (nSPS) is 9.58. The van der Waals surface area contributed by atoms with Crippen LogP contribution in [0.25, 0.3) is 0 Å². The smallest absolute Gasteiger partial charge is 0.272 e. The van der Waals surface area contributed by atoms with E-state index >= 15 is 0 Å². The first kappa shape index (κ1) is 8.64. The van der Waals surface area contributed by atoms with Gasteiger partial charge in [0.1, 0.15) is 12.0 Å². The van der Waals surface area contributed by atoms with Crippen LogP contribution < -0.4 is 0 Å². The standard InChI is InChI=1S/C8H11N3O/c1-6-4-9-5-10-7(6)8(12)11(2)3/h4-5H,1-3H3. The average molecular weight is 165 g/mol. The first-order valence-electron chi connectivity index (χ1n) is 3.61. The number of nitrogens with zero attached hydrogens (tertiary/aromatic N) is 3. The Labute approximate surface area is 71.3 Å². The molecule has 0 N–H and O–H groups in total.